The molecule has 0 amide bonds. The largest absolute Gasteiger partial charge is 0.496 e. The van der Waals surface area contributed by atoms with Crippen molar-refractivity contribution in [2.75, 3.05) is 14.2 Å². The van der Waals surface area contributed by atoms with E-state index in [1.165, 1.54) is 50.4 Å². The number of thiophene rings is 5. The van der Waals surface area contributed by atoms with Crippen LogP contribution >= 0.6 is 56.7 Å². The summed E-state index contributed by atoms with van der Waals surface area (Å²) in [6.07, 6.45) is -0.285. The molecule has 0 bridgehead atoms. The maximum Gasteiger partial charge on any atom is 0.302 e. The quantitative estimate of drug-likeness (QED) is 0.0530. The molecule has 0 atom stereocenters. The molecule has 398 valence electrons. The van der Waals surface area contributed by atoms with Gasteiger partial charge in [-0.15, -0.1) is 56.7 Å². The van der Waals surface area contributed by atoms with Gasteiger partial charge in [-0.3, -0.25) is 19.2 Å². The van der Waals surface area contributed by atoms with Crippen LogP contribution in [-0.2, 0) is 64.6 Å². The summed E-state index contributed by atoms with van der Waals surface area (Å²) >= 11 is 8.21. The second kappa shape index (κ2) is 23.9. The third-order valence-corrected chi connectivity index (χ3v) is 20.1. The Bertz CT molecular complexity index is 3090. The van der Waals surface area contributed by atoms with E-state index in [0.717, 1.165) is 104 Å². The van der Waals surface area contributed by atoms with E-state index in [0.29, 0.717) is 34.1 Å². The van der Waals surface area contributed by atoms with Gasteiger partial charge in [0.1, 0.15) is 49.4 Å². The van der Waals surface area contributed by atoms with Crippen molar-refractivity contribution in [3.63, 3.8) is 0 Å². The van der Waals surface area contributed by atoms with Crippen LogP contribution in [0.4, 0.5) is 0 Å². The Morgan fingerprint density at radius 3 is 0.840 bits per heavy atom. The first-order chi connectivity index (χ1) is 35.6. The van der Waals surface area contributed by atoms with E-state index in [9.17, 15) is 19.2 Å². The third-order valence-electron chi connectivity index (χ3n) is 12.7. The molecule has 5 heterocycles. The number of ether oxygens (including phenoxy) is 8. The number of carbonyl (C=O) groups excluding carboxylic acids is 4. The number of hydrogen-bond acceptors (Lipinski definition) is 17. The highest BCUT2D eigenvalue weighted by molar-refractivity contribution is 7.31. The fraction of sp³-hybridized carbons (Fsp3) is 0.379. The first-order valence-corrected chi connectivity index (χ1v) is 28.5. The molecule has 0 aliphatic rings. The van der Waals surface area contributed by atoms with E-state index in [4.69, 9.17) is 37.9 Å². The highest BCUT2D eigenvalue weighted by atomic mass is 32.1. The molecule has 7 aromatic rings. The first-order valence-electron chi connectivity index (χ1n) is 24.4. The van der Waals surface area contributed by atoms with Crippen LogP contribution in [0.1, 0.15) is 111 Å². The van der Waals surface area contributed by atoms with Crippen molar-refractivity contribution in [3.8, 4) is 82.9 Å². The van der Waals surface area contributed by atoms with Gasteiger partial charge < -0.3 is 37.9 Å². The lowest BCUT2D eigenvalue weighted by molar-refractivity contribution is -0.143. The lowest BCUT2D eigenvalue weighted by Crippen LogP contribution is -2.08. The van der Waals surface area contributed by atoms with Gasteiger partial charge in [-0.05, 0) is 127 Å². The zero-order valence-electron chi connectivity index (χ0n) is 45.4. The average molecular weight is 1110 g/mol. The second-order valence-corrected chi connectivity index (χ2v) is 23.7. The van der Waals surface area contributed by atoms with Crippen LogP contribution in [-0.4, -0.2) is 50.3 Å². The molecule has 7 rings (SSSR count). The molecular formula is C58H64O12S5. The summed E-state index contributed by atoms with van der Waals surface area (Å²) < 4.78 is 47.7. The lowest BCUT2D eigenvalue weighted by atomic mass is 10.0. The van der Waals surface area contributed by atoms with E-state index in [-0.39, 0.29) is 38.6 Å². The Labute approximate surface area is 459 Å². The van der Waals surface area contributed by atoms with E-state index >= 15 is 0 Å². The summed E-state index contributed by atoms with van der Waals surface area (Å²) in [4.78, 5) is 59.8. The van der Waals surface area contributed by atoms with Gasteiger partial charge in [-0.2, -0.15) is 0 Å². The predicted octanol–water partition coefficient (Wildman–Crippen LogP) is 15.7. The normalized spacial score (nSPS) is 11.3. The van der Waals surface area contributed by atoms with E-state index in [2.05, 4.69) is 41.5 Å². The molecule has 0 unspecified atom stereocenters. The molecule has 17 heteroatoms. The zero-order valence-corrected chi connectivity index (χ0v) is 49.5. The van der Waals surface area contributed by atoms with Crippen LogP contribution in [0.3, 0.4) is 0 Å². The fourth-order valence-corrected chi connectivity index (χ4v) is 16.3. The van der Waals surface area contributed by atoms with Crippen molar-refractivity contribution in [1.29, 1.82) is 0 Å². The van der Waals surface area contributed by atoms with Gasteiger partial charge in [-0.1, -0.05) is 12.1 Å². The van der Waals surface area contributed by atoms with Crippen LogP contribution in [0.15, 0.2) is 36.4 Å². The molecule has 0 saturated heterocycles. The minimum absolute atomic E-state index is 0.0367. The molecule has 0 aliphatic carbocycles. The molecule has 12 nitrogen and oxygen atoms in total. The van der Waals surface area contributed by atoms with Gasteiger partial charge in [0, 0.05) is 89.0 Å². The molecule has 5 aromatic heterocycles. The minimum atomic E-state index is -0.441. The Hall–Kier alpha value is -5.98. The monoisotopic (exact) mass is 1110 g/mol. The van der Waals surface area contributed by atoms with Crippen LogP contribution in [0, 0.1) is 41.5 Å². The number of methoxy groups -OCH3 is 2. The smallest absolute Gasteiger partial charge is 0.302 e. The van der Waals surface area contributed by atoms with Gasteiger partial charge >= 0.3 is 23.9 Å². The van der Waals surface area contributed by atoms with Crippen LogP contribution in [0.2, 0.25) is 0 Å². The Balaban J connectivity index is 1.42. The zero-order chi connectivity index (χ0) is 54.7. The summed E-state index contributed by atoms with van der Waals surface area (Å²) in [6.45, 7) is 26.1. The summed E-state index contributed by atoms with van der Waals surface area (Å²) in [5.74, 6) is 0.662. The topological polar surface area (TPSA) is 142 Å². The summed E-state index contributed by atoms with van der Waals surface area (Å²) in [5, 5.41) is 0. The van der Waals surface area contributed by atoms with Crippen molar-refractivity contribution in [3.05, 3.63) is 92.0 Å². The Morgan fingerprint density at radius 1 is 0.373 bits per heavy atom. The van der Waals surface area contributed by atoms with Crippen molar-refractivity contribution in [2.24, 2.45) is 0 Å². The molecule has 0 spiro atoms. The third kappa shape index (κ3) is 11.9. The van der Waals surface area contributed by atoms with Gasteiger partial charge in [0.05, 0.1) is 47.3 Å². The van der Waals surface area contributed by atoms with Crippen LogP contribution in [0.5, 0.6) is 23.0 Å². The second-order valence-electron chi connectivity index (χ2n) is 18.6. The Morgan fingerprint density at radius 2 is 0.600 bits per heavy atom. The highest BCUT2D eigenvalue weighted by Gasteiger charge is 2.33. The minimum Gasteiger partial charge on any atom is -0.496 e. The molecule has 0 fully saturated rings. The van der Waals surface area contributed by atoms with E-state index in [1.54, 1.807) is 48.2 Å². The van der Waals surface area contributed by atoms with Crippen LogP contribution < -0.4 is 18.9 Å². The SMILES string of the molecule is COc1cccc(OC(C)C)c1-c1sc(-c2sc(-c3sc(-c4sc(-c5sc(-c6c(OC)cccc6OC(C)C)c(COC(C)=O)c5COC(C)=O)c(C)c4C)c(C)c3C)c(C)c2C)c(COC(C)=O)c1COC(C)=O. The van der Waals surface area contributed by atoms with Crippen molar-refractivity contribution in [2.45, 2.75) is 136 Å². The molecule has 0 N–H and O–H groups in total. The molecule has 2 aromatic carbocycles. The maximum atomic E-state index is 12.5. The fourth-order valence-electron chi connectivity index (χ4n) is 8.68. The lowest BCUT2D eigenvalue weighted by Gasteiger charge is -2.17. The number of carbonyl (C=O) groups is 4. The number of esters is 4. The van der Waals surface area contributed by atoms with Crippen molar-refractivity contribution >= 4 is 80.6 Å². The number of rotatable bonds is 20. The molecule has 0 radical (unpaired) electrons. The van der Waals surface area contributed by atoms with Crippen LogP contribution in [0.25, 0.3) is 59.9 Å². The number of benzene rings is 2. The van der Waals surface area contributed by atoms with Gasteiger partial charge in [-0.25, -0.2) is 0 Å². The highest BCUT2D eigenvalue weighted by Crippen LogP contribution is 2.57. The van der Waals surface area contributed by atoms with Crippen molar-refractivity contribution < 1.29 is 57.1 Å². The van der Waals surface area contributed by atoms with Crippen molar-refractivity contribution in [1.82, 2.24) is 0 Å². The van der Waals surface area contributed by atoms with E-state index < -0.39 is 23.9 Å². The summed E-state index contributed by atoms with van der Waals surface area (Å²) in [7, 11) is 3.23. The molecular weight excluding hydrogens is 1050 g/mol. The maximum absolute atomic E-state index is 12.5. The predicted molar refractivity (Wildman–Crippen MR) is 303 cm³/mol. The molecule has 75 heavy (non-hydrogen) atoms. The van der Waals surface area contributed by atoms with Gasteiger partial charge in [0.25, 0.3) is 0 Å². The van der Waals surface area contributed by atoms with Gasteiger partial charge in [0.15, 0.2) is 0 Å². The van der Waals surface area contributed by atoms with Gasteiger partial charge in [0.2, 0.25) is 0 Å². The first kappa shape index (κ1) is 56.7. The summed E-state index contributed by atoms with van der Waals surface area (Å²) in [5.41, 5.74) is 11.1. The summed E-state index contributed by atoms with van der Waals surface area (Å²) in [6, 6.07) is 11.3. The molecule has 0 aliphatic heterocycles. The molecule has 0 saturated carbocycles. The van der Waals surface area contributed by atoms with E-state index in [1.807, 2.05) is 64.1 Å². The number of hydrogen-bond donors (Lipinski definition) is 0. The average Bonchev–Trinajstić information content (AvgIpc) is 4.14. The standard InChI is InChI=1S/C58H64O12S5/c1-27(2)69-45-21-17-19-43(63-15)47(45)55-39(23-65-35(11)59)41(25-67-37(13)61)57(74-55)53-33(9)31(7)51(72-53)49-29(5)30(6)50(71-49)52-32(8)34(10)54(73-52)58-42(26-68-38(14)62)40(24-66-36(12)60)56(75-58)48-44(64-16)20-18-22-46(48)70-28(3)4/h17-22,27-28H,23-26H2,1-16H3. The Kier molecular flexibility index (Phi) is 18.1.